The second-order valence-corrected chi connectivity index (χ2v) is 5.14. The summed E-state index contributed by atoms with van der Waals surface area (Å²) in [6, 6.07) is 6.39. The van der Waals surface area contributed by atoms with Crippen molar-refractivity contribution in [2.75, 3.05) is 13.2 Å². The summed E-state index contributed by atoms with van der Waals surface area (Å²) in [5, 5.41) is 3.34. The first-order valence-corrected chi connectivity index (χ1v) is 6.89. The van der Waals surface area contributed by atoms with Gasteiger partial charge < -0.3 is 19.8 Å². The molecular formula is C15H19N3O2. The van der Waals surface area contributed by atoms with Crippen LogP contribution < -0.4 is 14.8 Å². The second kappa shape index (κ2) is 5.54. The van der Waals surface area contributed by atoms with Crippen LogP contribution in [0.4, 0.5) is 0 Å². The molecule has 0 bridgehead atoms. The number of ether oxygens (including phenoxy) is 2. The van der Waals surface area contributed by atoms with Gasteiger partial charge in [-0.25, -0.2) is 4.98 Å². The smallest absolute Gasteiger partial charge is 0.162 e. The van der Waals surface area contributed by atoms with Crippen LogP contribution in [0, 0.1) is 0 Å². The quantitative estimate of drug-likeness (QED) is 0.897. The van der Waals surface area contributed by atoms with E-state index in [1.54, 1.807) is 0 Å². The van der Waals surface area contributed by atoms with Gasteiger partial charge in [0, 0.05) is 11.6 Å². The van der Waals surface area contributed by atoms with Gasteiger partial charge in [-0.05, 0) is 18.2 Å². The number of hydrogen-bond donors (Lipinski definition) is 2. The molecule has 0 unspecified atom stereocenters. The fourth-order valence-electron chi connectivity index (χ4n) is 2.11. The number of rotatable bonds is 4. The summed E-state index contributed by atoms with van der Waals surface area (Å²) in [6.45, 7) is 6.18. The molecule has 2 N–H and O–H groups in total. The Morgan fingerprint density at radius 1 is 1.25 bits per heavy atom. The van der Waals surface area contributed by atoms with E-state index < -0.39 is 0 Å². The molecule has 3 rings (SSSR count). The summed E-state index contributed by atoms with van der Waals surface area (Å²) in [4.78, 5) is 7.71. The number of hydrogen-bond acceptors (Lipinski definition) is 4. The molecule has 0 radical (unpaired) electrons. The average molecular weight is 273 g/mol. The SMILES string of the molecule is CC(C)NCc1ncc(-c2ccc3c(c2)OCCO3)[nH]1. The van der Waals surface area contributed by atoms with E-state index in [0.717, 1.165) is 35.1 Å². The molecule has 20 heavy (non-hydrogen) atoms. The standard InChI is InChI=1S/C15H19N3O2/c1-10(2)16-9-15-17-8-12(18-15)11-3-4-13-14(7-11)20-6-5-19-13/h3-4,7-8,10,16H,5-6,9H2,1-2H3,(H,17,18). The summed E-state index contributed by atoms with van der Waals surface area (Å²) in [5.41, 5.74) is 2.04. The minimum absolute atomic E-state index is 0.442. The number of nitrogens with zero attached hydrogens (tertiary/aromatic N) is 1. The van der Waals surface area contributed by atoms with E-state index in [2.05, 4.69) is 29.1 Å². The zero-order valence-corrected chi connectivity index (χ0v) is 11.8. The number of H-pyrrole nitrogens is 1. The van der Waals surface area contributed by atoms with Gasteiger partial charge in [-0.1, -0.05) is 13.8 Å². The van der Waals surface area contributed by atoms with Gasteiger partial charge in [0.25, 0.3) is 0 Å². The zero-order chi connectivity index (χ0) is 13.9. The van der Waals surface area contributed by atoms with Gasteiger partial charge in [0.2, 0.25) is 0 Å². The molecule has 106 valence electrons. The molecule has 0 saturated heterocycles. The number of nitrogens with one attached hydrogen (secondary N) is 2. The normalized spacial score (nSPS) is 13.8. The molecule has 1 aliphatic rings. The van der Waals surface area contributed by atoms with E-state index in [1.165, 1.54) is 0 Å². The van der Waals surface area contributed by atoms with E-state index in [4.69, 9.17) is 9.47 Å². The van der Waals surface area contributed by atoms with Crippen LogP contribution in [-0.2, 0) is 6.54 Å². The van der Waals surface area contributed by atoms with Gasteiger partial charge in [-0.2, -0.15) is 0 Å². The minimum atomic E-state index is 0.442. The van der Waals surface area contributed by atoms with Crippen molar-refractivity contribution < 1.29 is 9.47 Å². The average Bonchev–Trinajstić information content (AvgIpc) is 2.93. The highest BCUT2D eigenvalue weighted by Crippen LogP contribution is 2.33. The topological polar surface area (TPSA) is 59.2 Å². The molecule has 0 saturated carbocycles. The van der Waals surface area contributed by atoms with Crippen LogP contribution in [0.25, 0.3) is 11.3 Å². The van der Waals surface area contributed by atoms with Crippen LogP contribution in [0.15, 0.2) is 24.4 Å². The maximum Gasteiger partial charge on any atom is 0.162 e. The summed E-state index contributed by atoms with van der Waals surface area (Å²) in [6.07, 6.45) is 1.85. The van der Waals surface area contributed by atoms with E-state index in [-0.39, 0.29) is 0 Å². The Kier molecular flexibility index (Phi) is 3.60. The van der Waals surface area contributed by atoms with Gasteiger partial charge in [-0.3, -0.25) is 0 Å². The van der Waals surface area contributed by atoms with Gasteiger partial charge in [0.05, 0.1) is 18.4 Å². The fourth-order valence-corrected chi connectivity index (χ4v) is 2.11. The lowest BCUT2D eigenvalue weighted by Crippen LogP contribution is -2.22. The second-order valence-electron chi connectivity index (χ2n) is 5.14. The fraction of sp³-hybridized carbons (Fsp3) is 0.400. The molecule has 0 fully saturated rings. The van der Waals surface area contributed by atoms with Gasteiger partial charge in [-0.15, -0.1) is 0 Å². The summed E-state index contributed by atoms with van der Waals surface area (Å²) in [7, 11) is 0. The molecule has 5 nitrogen and oxygen atoms in total. The van der Waals surface area contributed by atoms with Gasteiger partial charge in [0.15, 0.2) is 11.5 Å². The first-order chi connectivity index (χ1) is 9.72. The third-order valence-corrected chi connectivity index (χ3v) is 3.16. The third kappa shape index (κ3) is 2.77. The summed E-state index contributed by atoms with van der Waals surface area (Å²) < 4.78 is 11.1. The predicted molar refractivity (Wildman–Crippen MR) is 77.0 cm³/mol. The Bertz CT molecular complexity index is 593. The van der Waals surface area contributed by atoms with Crippen molar-refractivity contribution in [3.8, 4) is 22.8 Å². The highest BCUT2D eigenvalue weighted by molar-refractivity contribution is 5.63. The molecule has 2 heterocycles. The largest absolute Gasteiger partial charge is 0.486 e. The molecule has 5 heteroatoms. The van der Waals surface area contributed by atoms with Crippen LogP contribution >= 0.6 is 0 Å². The third-order valence-electron chi connectivity index (χ3n) is 3.16. The Morgan fingerprint density at radius 3 is 2.85 bits per heavy atom. The molecule has 0 aliphatic carbocycles. The lowest BCUT2D eigenvalue weighted by atomic mass is 10.1. The van der Waals surface area contributed by atoms with Crippen LogP contribution in [0.3, 0.4) is 0 Å². The first kappa shape index (κ1) is 13.0. The lowest BCUT2D eigenvalue weighted by molar-refractivity contribution is 0.171. The molecule has 1 aromatic carbocycles. The molecule has 0 spiro atoms. The Hall–Kier alpha value is -2.01. The number of benzene rings is 1. The van der Waals surface area contributed by atoms with Crippen molar-refractivity contribution in [3.63, 3.8) is 0 Å². The van der Waals surface area contributed by atoms with Crippen LogP contribution in [-0.4, -0.2) is 29.2 Å². The number of imidazole rings is 1. The van der Waals surface area contributed by atoms with Crippen LogP contribution in [0.5, 0.6) is 11.5 Å². The molecule has 1 aliphatic heterocycles. The van der Waals surface area contributed by atoms with E-state index in [1.807, 2.05) is 24.4 Å². The molecule has 1 aromatic heterocycles. The van der Waals surface area contributed by atoms with Crippen molar-refractivity contribution in [2.24, 2.45) is 0 Å². The monoisotopic (exact) mass is 273 g/mol. The number of fused-ring (bicyclic) bond motifs is 1. The van der Waals surface area contributed by atoms with Crippen molar-refractivity contribution in [2.45, 2.75) is 26.4 Å². The Balaban J connectivity index is 1.79. The maximum atomic E-state index is 5.60. The molecule has 0 amide bonds. The highest BCUT2D eigenvalue weighted by Gasteiger charge is 2.13. The predicted octanol–water partition coefficient (Wildman–Crippen LogP) is 2.35. The van der Waals surface area contributed by atoms with Crippen molar-refractivity contribution >= 4 is 0 Å². The first-order valence-electron chi connectivity index (χ1n) is 6.89. The van der Waals surface area contributed by atoms with Gasteiger partial charge >= 0.3 is 0 Å². The Morgan fingerprint density at radius 2 is 2.05 bits per heavy atom. The van der Waals surface area contributed by atoms with Crippen molar-refractivity contribution in [1.82, 2.24) is 15.3 Å². The molecule has 2 aromatic rings. The summed E-state index contributed by atoms with van der Waals surface area (Å²) in [5.74, 6) is 2.54. The van der Waals surface area contributed by atoms with E-state index >= 15 is 0 Å². The highest BCUT2D eigenvalue weighted by atomic mass is 16.6. The lowest BCUT2D eigenvalue weighted by Gasteiger charge is -2.18. The number of aromatic nitrogens is 2. The van der Waals surface area contributed by atoms with Crippen molar-refractivity contribution in [3.05, 3.63) is 30.2 Å². The zero-order valence-electron chi connectivity index (χ0n) is 11.8. The molecular weight excluding hydrogens is 254 g/mol. The maximum absolute atomic E-state index is 5.60. The summed E-state index contributed by atoms with van der Waals surface area (Å²) >= 11 is 0. The van der Waals surface area contributed by atoms with Crippen molar-refractivity contribution in [1.29, 1.82) is 0 Å². The van der Waals surface area contributed by atoms with E-state index in [0.29, 0.717) is 19.3 Å². The minimum Gasteiger partial charge on any atom is -0.486 e. The van der Waals surface area contributed by atoms with E-state index in [9.17, 15) is 0 Å². The van der Waals surface area contributed by atoms with Gasteiger partial charge in [0.1, 0.15) is 19.0 Å². The number of aromatic amines is 1. The molecule has 0 atom stereocenters. The Labute approximate surface area is 118 Å². The van der Waals surface area contributed by atoms with Crippen LogP contribution in [0.2, 0.25) is 0 Å². The van der Waals surface area contributed by atoms with Crippen LogP contribution in [0.1, 0.15) is 19.7 Å².